The molecule has 1 N–H and O–H groups in total. The van der Waals surface area contributed by atoms with E-state index in [1.165, 1.54) is 0 Å². The van der Waals surface area contributed by atoms with Crippen molar-refractivity contribution in [3.8, 4) is 0 Å². The second-order valence-corrected chi connectivity index (χ2v) is 6.52. The second kappa shape index (κ2) is 8.64. The maximum absolute atomic E-state index is 12.0. The zero-order chi connectivity index (χ0) is 17.5. The Hall–Kier alpha value is -2.14. The van der Waals surface area contributed by atoms with Crippen LogP contribution in [0.25, 0.3) is 0 Å². The van der Waals surface area contributed by atoms with Gasteiger partial charge in [0.1, 0.15) is 0 Å². The van der Waals surface area contributed by atoms with Crippen molar-refractivity contribution in [2.75, 3.05) is 0 Å². The highest BCUT2D eigenvalue weighted by Crippen LogP contribution is 2.16. The molecule has 5 nitrogen and oxygen atoms in total. The van der Waals surface area contributed by atoms with Crippen molar-refractivity contribution in [2.45, 2.75) is 53.7 Å². The van der Waals surface area contributed by atoms with Crippen LogP contribution in [0, 0.1) is 19.8 Å². The first kappa shape index (κ1) is 18.2. The van der Waals surface area contributed by atoms with Crippen LogP contribution in [-0.4, -0.2) is 15.7 Å². The number of amides is 1. The molecule has 130 valence electrons. The molecule has 24 heavy (non-hydrogen) atoms. The number of carbonyl (C=O) groups is 1. The van der Waals surface area contributed by atoms with Gasteiger partial charge in [0, 0.05) is 18.7 Å². The van der Waals surface area contributed by atoms with E-state index >= 15 is 0 Å². The first-order valence-corrected chi connectivity index (χ1v) is 8.44. The summed E-state index contributed by atoms with van der Waals surface area (Å²) >= 11 is 0. The molecular formula is C19H27N3O2. The molecular weight excluding hydrogens is 302 g/mol. The summed E-state index contributed by atoms with van der Waals surface area (Å²) in [6, 6.07) is 9.76. The van der Waals surface area contributed by atoms with Gasteiger partial charge in [-0.2, -0.15) is 5.10 Å². The Morgan fingerprint density at radius 1 is 1.25 bits per heavy atom. The minimum atomic E-state index is -0.110. The number of hydrogen-bond donors (Lipinski definition) is 1. The topological polar surface area (TPSA) is 56.2 Å². The van der Waals surface area contributed by atoms with Gasteiger partial charge in [0.2, 0.25) is 5.91 Å². The summed E-state index contributed by atoms with van der Waals surface area (Å²) in [5.74, 6) is 0.437. The lowest BCUT2D eigenvalue weighted by molar-refractivity contribution is -0.134. The van der Waals surface area contributed by atoms with E-state index in [9.17, 15) is 4.79 Å². The van der Waals surface area contributed by atoms with Crippen LogP contribution in [0.2, 0.25) is 0 Å². The predicted octanol–water partition coefficient (Wildman–Crippen LogP) is 3.34. The van der Waals surface area contributed by atoms with Crippen LogP contribution in [0.1, 0.15) is 42.8 Å². The molecule has 0 aliphatic carbocycles. The van der Waals surface area contributed by atoms with Crippen LogP contribution in [0.4, 0.5) is 0 Å². The quantitative estimate of drug-likeness (QED) is 0.756. The van der Waals surface area contributed by atoms with Crippen molar-refractivity contribution in [2.24, 2.45) is 5.92 Å². The molecule has 1 heterocycles. The third-order valence-corrected chi connectivity index (χ3v) is 3.94. The van der Waals surface area contributed by atoms with Gasteiger partial charge >= 0.3 is 0 Å². The van der Waals surface area contributed by atoms with Crippen LogP contribution in [0.5, 0.6) is 0 Å². The highest BCUT2D eigenvalue weighted by molar-refractivity contribution is 5.75. The van der Waals surface area contributed by atoms with E-state index in [0.717, 1.165) is 29.1 Å². The fourth-order valence-electron chi connectivity index (χ4n) is 2.68. The molecule has 0 atom stereocenters. The zero-order valence-corrected chi connectivity index (χ0v) is 15.0. The molecule has 1 aromatic carbocycles. The Bertz CT molecular complexity index is 663. The lowest BCUT2D eigenvalue weighted by Gasteiger charge is -2.08. The lowest BCUT2D eigenvalue weighted by Crippen LogP contribution is -2.23. The normalized spacial score (nSPS) is 11.0. The van der Waals surface area contributed by atoms with Crippen LogP contribution in [-0.2, 0) is 29.2 Å². The molecule has 2 rings (SSSR count). The highest BCUT2D eigenvalue weighted by Gasteiger charge is 2.13. The van der Waals surface area contributed by atoms with Gasteiger partial charge in [-0.3, -0.25) is 14.3 Å². The second-order valence-electron chi connectivity index (χ2n) is 6.52. The number of rotatable bonds is 8. The van der Waals surface area contributed by atoms with E-state index in [-0.39, 0.29) is 5.91 Å². The third kappa shape index (κ3) is 5.20. The summed E-state index contributed by atoms with van der Waals surface area (Å²) < 4.78 is 2.04. The average Bonchev–Trinajstić information content (AvgIpc) is 2.80. The van der Waals surface area contributed by atoms with Crippen LogP contribution in [0.3, 0.4) is 0 Å². The Kier molecular flexibility index (Phi) is 6.55. The average molecular weight is 329 g/mol. The Labute approximate surface area is 144 Å². The van der Waals surface area contributed by atoms with Crippen LogP contribution >= 0.6 is 0 Å². The number of hydrogen-bond acceptors (Lipinski definition) is 3. The van der Waals surface area contributed by atoms with Gasteiger partial charge in [-0.1, -0.05) is 44.2 Å². The summed E-state index contributed by atoms with van der Waals surface area (Å²) in [4.78, 5) is 17.2. The minimum Gasteiger partial charge on any atom is -0.273 e. The summed E-state index contributed by atoms with van der Waals surface area (Å²) in [5, 5.41) is 4.58. The largest absolute Gasteiger partial charge is 0.273 e. The number of nitrogens with zero attached hydrogens (tertiary/aromatic N) is 2. The molecule has 0 aliphatic rings. The Morgan fingerprint density at radius 3 is 2.62 bits per heavy atom. The van der Waals surface area contributed by atoms with E-state index in [1.54, 1.807) is 0 Å². The number of hydroxylamine groups is 1. The lowest BCUT2D eigenvalue weighted by atomic mass is 10.1. The maximum atomic E-state index is 12.0. The fourth-order valence-corrected chi connectivity index (χ4v) is 2.68. The van der Waals surface area contributed by atoms with E-state index < -0.39 is 0 Å². The fraction of sp³-hybridized carbons (Fsp3) is 0.474. The van der Waals surface area contributed by atoms with E-state index in [2.05, 4.69) is 31.3 Å². The number of carbonyl (C=O) groups excluding carboxylic acids is 1. The number of aryl methyl sites for hydroxylation is 1. The molecule has 1 amide bonds. The van der Waals surface area contributed by atoms with Gasteiger partial charge in [0.05, 0.1) is 12.3 Å². The summed E-state index contributed by atoms with van der Waals surface area (Å²) in [5.41, 5.74) is 6.86. The Balaban J connectivity index is 1.80. The van der Waals surface area contributed by atoms with Crippen molar-refractivity contribution in [1.29, 1.82) is 0 Å². The monoisotopic (exact) mass is 329 g/mol. The van der Waals surface area contributed by atoms with Gasteiger partial charge in [0.25, 0.3) is 0 Å². The van der Waals surface area contributed by atoms with Gasteiger partial charge in [-0.05, 0) is 37.3 Å². The smallest absolute Gasteiger partial charge is 0.243 e. The van der Waals surface area contributed by atoms with Crippen LogP contribution in [0.15, 0.2) is 30.3 Å². The summed E-state index contributed by atoms with van der Waals surface area (Å²) in [7, 11) is 0. The van der Waals surface area contributed by atoms with E-state index in [4.69, 9.17) is 4.84 Å². The van der Waals surface area contributed by atoms with Crippen molar-refractivity contribution in [3.63, 3.8) is 0 Å². The zero-order valence-electron chi connectivity index (χ0n) is 15.0. The highest BCUT2D eigenvalue weighted by atomic mass is 16.6. The molecule has 1 aromatic heterocycles. The maximum Gasteiger partial charge on any atom is 0.243 e. The van der Waals surface area contributed by atoms with Gasteiger partial charge in [-0.25, -0.2) is 5.48 Å². The van der Waals surface area contributed by atoms with Crippen molar-refractivity contribution >= 4 is 5.91 Å². The first-order chi connectivity index (χ1) is 11.5. The summed E-state index contributed by atoms with van der Waals surface area (Å²) in [6.45, 7) is 9.70. The predicted molar refractivity (Wildman–Crippen MR) is 94.2 cm³/mol. The molecule has 0 fully saturated rings. The minimum absolute atomic E-state index is 0.110. The molecule has 0 radical (unpaired) electrons. The van der Waals surface area contributed by atoms with Gasteiger partial charge in [0.15, 0.2) is 0 Å². The molecule has 5 heteroatoms. The molecule has 0 bridgehead atoms. The van der Waals surface area contributed by atoms with Crippen LogP contribution < -0.4 is 5.48 Å². The molecule has 0 saturated carbocycles. The van der Waals surface area contributed by atoms with E-state index in [0.29, 0.717) is 25.4 Å². The van der Waals surface area contributed by atoms with Crippen molar-refractivity contribution in [3.05, 3.63) is 52.8 Å². The molecule has 0 spiro atoms. The Morgan fingerprint density at radius 2 is 1.96 bits per heavy atom. The molecule has 2 aromatic rings. The number of nitrogens with one attached hydrogen (secondary N) is 1. The summed E-state index contributed by atoms with van der Waals surface area (Å²) in [6.07, 6.45) is 1.07. The molecule has 0 unspecified atom stereocenters. The first-order valence-electron chi connectivity index (χ1n) is 8.44. The van der Waals surface area contributed by atoms with E-state index in [1.807, 2.05) is 41.9 Å². The number of benzene rings is 1. The number of aromatic nitrogens is 2. The third-order valence-electron chi connectivity index (χ3n) is 3.94. The SMILES string of the molecule is Cc1nn(CC(C)C)c(C)c1CCC(=O)NOCc1ccccc1. The van der Waals surface area contributed by atoms with Crippen molar-refractivity contribution in [1.82, 2.24) is 15.3 Å². The van der Waals surface area contributed by atoms with Crippen molar-refractivity contribution < 1.29 is 9.63 Å². The van der Waals surface area contributed by atoms with Gasteiger partial charge in [-0.15, -0.1) is 0 Å². The molecule has 0 aliphatic heterocycles. The van der Waals surface area contributed by atoms with Gasteiger partial charge < -0.3 is 0 Å². The molecule has 0 saturated heterocycles. The standard InChI is InChI=1S/C19H27N3O2/c1-14(2)12-22-16(4)18(15(3)20-22)10-11-19(23)21-24-13-17-8-6-5-7-9-17/h5-9,14H,10-13H2,1-4H3,(H,21,23).